The smallest absolute Gasteiger partial charge is 0.252 e. The van der Waals surface area contributed by atoms with Crippen LogP contribution in [0.5, 0.6) is 0 Å². The number of hydrogen-bond donors (Lipinski definition) is 2. The van der Waals surface area contributed by atoms with Gasteiger partial charge in [-0.25, -0.2) is 0 Å². The van der Waals surface area contributed by atoms with Crippen molar-refractivity contribution < 1.29 is 4.79 Å². The van der Waals surface area contributed by atoms with Crippen LogP contribution in [-0.4, -0.2) is 5.91 Å². The molecule has 3 aromatic rings. The molecule has 0 atom stereocenters. The van der Waals surface area contributed by atoms with Crippen molar-refractivity contribution in [1.82, 2.24) is 0 Å². The van der Waals surface area contributed by atoms with Gasteiger partial charge in [-0.3, -0.25) is 9.59 Å². The number of carbonyl (C=O) groups excluding carboxylic acids is 1. The van der Waals surface area contributed by atoms with Gasteiger partial charge in [0, 0.05) is 11.1 Å². The number of hydrogen-bond acceptors (Lipinski definition) is 4. The van der Waals surface area contributed by atoms with E-state index in [0.29, 0.717) is 11.1 Å². The summed E-state index contributed by atoms with van der Waals surface area (Å²) in [5, 5.41) is 0.140. The van der Waals surface area contributed by atoms with Gasteiger partial charge in [0.05, 0.1) is 5.56 Å². The first-order chi connectivity index (χ1) is 11.1. The number of amides is 1. The van der Waals surface area contributed by atoms with Gasteiger partial charge in [0.1, 0.15) is 5.00 Å². The Bertz CT molecular complexity index is 919. The second kappa shape index (κ2) is 6.06. The zero-order valence-electron chi connectivity index (χ0n) is 12.2. The molecule has 0 aliphatic carbocycles. The maximum absolute atomic E-state index is 12.6. The Morgan fingerprint density at radius 2 is 1.30 bits per heavy atom. The molecule has 1 aromatic heterocycles. The van der Waals surface area contributed by atoms with Crippen LogP contribution >= 0.6 is 11.3 Å². The van der Waals surface area contributed by atoms with Crippen LogP contribution in [0, 0.1) is 0 Å². The largest absolute Gasteiger partial charge is 0.390 e. The third-order valence-corrected chi connectivity index (χ3v) is 4.34. The number of rotatable bonds is 3. The summed E-state index contributed by atoms with van der Waals surface area (Å²) in [5.41, 5.74) is 14.1. The first kappa shape index (κ1) is 15.0. The van der Waals surface area contributed by atoms with Crippen LogP contribution in [0.4, 0.5) is 5.00 Å². The van der Waals surface area contributed by atoms with Crippen LogP contribution in [0.1, 0.15) is 10.4 Å². The van der Waals surface area contributed by atoms with E-state index >= 15 is 0 Å². The third kappa shape index (κ3) is 2.74. The average molecular weight is 322 g/mol. The van der Waals surface area contributed by atoms with Crippen molar-refractivity contribution in [2.45, 2.75) is 0 Å². The summed E-state index contributed by atoms with van der Waals surface area (Å²) in [6.45, 7) is 0. The minimum atomic E-state index is -0.644. The van der Waals surface area contributed by atoms with Gasteiger partial charge in [0.25, 0.3) is 5.91 Å². The Morgan fingerprint density at radius 3 is 1.78 bits per heavy atom. The van der Waals surface area contributed by atoms with Crippen LogP contribution in [0.15, 0.2) is 65.5 Å². The fourth-order valence-electron chi connectivity index (χ4n) is 2.56. The first-order valence-corrected chi connectivity index (χ1v) is 7.78. The Kier molecular flexibility index (Phi) is 3.95. The number of benzene rings is 2. The molecule has 1 heterocycles. The minimum Gasteiger partial charge on any atom is -0.390 e. The van der Waals surface area contributed by atoms with Crippen molar-refractivity contribution in [3.05, 3.63) is 75.8 Å². The molecule has 114 valence electrons. The van der Waals surface area contributed by atoms with Gasteiger partial charge in [-0.2, -0.15) is 0 Å². The number of anilines is 1. The highest BCUT2D eigenvalue weighted by Crippen LogP contribution is 2.36. The number of carbonyl (C=O) groups is 1. The molecule has 0 unspecified atom stereocenters. The summed E-state index contributed by atoms with van der Waals surface area (Å²) in [4.78, 5) is 24.6. The van der Waals surface area contributed by atoms with Crippen molar-refractivity contribution in [3.63, 3.8) is 0 Å². The molecule has 4 nitrogen and oxygen atoms in total. The number of nitrogens with two attached hydrogens (primary N) is 2. The average Bonchev–Trinajstić information content (AvgIpc) is 2.55. The molecule has 0 bridgehead atoms. The second-order valence-corrected chi connectivity index (χ2v) is 5.99. The molecule has 0 aliphatic heterocycles. The lowest BCUT2D eigenvalue weighted by Crippen LogP contribution is -2.18. The van der Waals surface area contributed by atoms with E-state index in [9.17, 15) is 9.59 Å². The maximum Gasteiger partial charge on any atom is 0.252 e. The molecule has 0 saturated carbocycles. The highest BCUT2D eigenvalue weighted by atomic mass is 32.1. The quantitative estimate of drug-likeness (QED) is 0.776. The SMILES string of the molecule is NC(=O)c1c(N)sc(=O)c(-c2ccccc2)c1-c1ccccc1. The summed E-state index contributed by atoms with van der Waals surface area (Å²) in [6.07, 6.45) is 0. The highest BCUT2D eigenvalue weighted by molar-refractivity contribution is 7.14. The molecule has 3 rings (SSSR count). The standard InChI is InChI=1S/C18H14N2O2S/c19-16(21)15-13(11-7-3-1-4-8-11)14(18(22)23-17(15)20)12-9-5-2-6-10-12/h1-10H,20H2,(H2,19,21). The second-order valence-electron chi connectivity index (χ2n) is 4.98. The topological polar surface area (TPSA) is 86.2 Å². The van der Waals surface area contributed by atoms with E-state index in [0.717, 1.165) is 22.5 Å². The van der Waals surface area contributed by atoms with Crippen molar-refractivity contribution in [3.8, 4) is 22.3 Å². The van der Waals surface area contributed by atoms with Gasteiger partial charge in [-0.15, -0.1) is 0 Å². The fourth-order valence-corrected chi connectivity index (χ4v) is 3.38. The Balaban J connectivity index is 2.47. The van der Waals surface area contributed by atoms with Gasteiger partial charge < -0.3 is 11.5 Å². The van der Waals surface area contributed by atoms with Crippen LogP contribution in [-0.2, 0) is 0 Å². The Morgan fingerprint density at radius 1 is 0.826 bits per heavy atom. The lowest BCUT2D eigenvalue weighted by molar-refractivity contribution is 0.100. The predicted molar refractivity (Wildman–Crippen MR) is 94.4 cm³/mol. The summed E-state index contributed by atoms with van der Waals surface area (Å²) in [7, 11) is 0. The normalized spacial score (nSPS) is 10.4. The monoisotopic (exact) mass is 322 g/mol. The van der Waals surface area contributed by atoms with E-state index in [1.54, 1.807) is 0 Å². The van der Waals surface area contributed by atoms with E-state index in [4.69, 9.17) is 11.5 Å². The van der Waals surface area contributed by atoms with Crippen molar-refractivity contribution in [2.75, 3.05) is 5.73 Å². The van der Waals surface area contributed by atoms with Crippen LogP contribution < -0.4 is 16.2 Å². The van der Waals surface area contributed by atoms with Crippen LogP contribution in [0.25, 0.3) is 22.3 Å². The molecule has 1 amide bonds. The van der Waals surface area contributed by atoms with Crippen LogP contribution in [0.2, 0.25) is 0 Å². The number of nitrogen functional groups attached to an aromatic ring is 1. The molecule has 5 heteroatoms. The van der Waals surface area contributed by atoms with Crippen LogP contribution in [0.3, 0.4) is 0 Å². The maximum atomic E-state index is 12.6. The molecule has 2 aromatic carbocycles. The molecule has 23 heavy (non-hydrogen) atoms. The molecule has 0 aliphatic rings. The summed E-state index contributed by atoms with van der Waals surface area (Å²) in [6, 6.07) is 18.4. The van der Waals surface area contributed by atoms with Gasteiger partial charge in [0.2, 0.25) is 4.74 Å². The minimum absolute atomic E-state index is 0.140. The van der Waals surface area contributed by atoms with Gasteiger partial charge >= 0.3 is 0 Å². The molecule has 0 spiro atoms. The summed E-state index contributed by atoms with van der Waals surface area (Å²) < 4.78 is -0.197. The van der Waals surface area contributed by atoms with E-state index in [1.807, 2.05) is 60.7 Å². The molecule has 0 fully saturated rings. The Labute approximate surface area is 137 Å². The van der Waals surface area contributed by atoms with Gasteiger partial charge in [0.15, 0.2) is 0 Å². The molecule has 0 radical (unpaired) electrons. The van der Waals surface area contributed by atoms with Gasteiger partial charge in [-0.1, -0.05) is 72.0 Å². The lowest BCUT2D eigenvalue weighted by Gasteiger charge is -2.14. The molecule has 4 N–H and O–H groups in total. The van der Waals surface area contributed by atoms with Crippen molar-refractivity contribution in [2.24, 2.45) is 5.73 Å². The fraction of sp³-hybridized carbons (Fsp3) is 0. The summed E-state index contributed by atoms with van der Waals surface area (Å²) >= 11 is 0.839. The first-order valence-electron chi connectivity index (χ1n) is 6.97. The summed E-state index contributed by atoms with van der Waals surface area (Å²) in [5.74, 6) is -0.644. The van der Waals surface area contributed by atoms with E-state index in [1.165, 1.54) is 0 Å². The zero-order chi connectivity index (χ0) is 16.4. The molecule has 0 saturated heterocycles. The predicted octanol–water partition coefficient (Wildman–Crippen LogP) is 3.12. The Hall–Kier alpha value is -2.92. The van der Waals surface area contributed by atoms with Gasteiger partial charge in [-0.05, 0) is 11.1 Å². The molecular formula is C18H14N2O2S. The van der Waals surface area contributed by atoms with Crippen molar-refractivity contribution in [1.29, 1.82) is 0 Å². The molecular weight excluding hydrogens is 308 g/mol. The van der Waals surface area contributed by atoms with E-state index in [-0.39, 0.29) is 15.3 Å². The highest BCUT2D eigenvalue weighted by Gasteiger charge is 2.22. The number of primary amides is 1. The van der Waals surface area contributed by atoms with E-state index < -0.39 is 5.91 Å². The van der Waals surface area contributed by atoms with Crippen molar-refractivity contribution >= 4 is 22.2 Å². The lowest BCUT2D eigenvalue weighted by atomic mass is 9.93. The third-order valence-electron chi connectivity index (χ3n) is 3.52. The zero-order valence-corrected chi connectivity index (χ0v) is 13.0. The van der Waals surface area contributed by atoms with E-state index in [2.05, 4.69) is 0 Å².